The molecule has 37 heavy (non-hydrogen) atoms. The highest BCUT2D eigenvalue weighted by Gasteiger charge is 2.45. The Bertz CT molecular complexity index is 1360. The molecule has 6 N–H and O–H groups in total. The van der Waals surface area contributed by atoms with Gasteiger partial charge in [0.15, 0.2) is 0 Å². The second-order valence-electron chi connectivity index (χ2n) is 8.23. The Kier molecular flexibility index (Phi) is 7.31. The third-order valence-electron chi connectivity index (χ3n) is 5.63. The van der Waals surface area contributed by atoms with Crippen LogP contribution in [0.4, 0.5) is 0 Å². The Morgan fingerprint density at radius 2 is 1.68 bits per heavy atom. The van der Waals surface area contributed by atoms with Gasteiger partial charge in [-0.15, -0.1) is 0 Å². The number of rotatable bonds is 7. The molecule has 196 valence electrons. The maximum atomic E-state index is 13.0. The number of aromatic hydroxyl groups is 2. The zero-order valence-electron chi connectivity index (χ0n) is 18.9. The van der Waals surface area contributed by atoms with Gasteiger partial charge < -0.3 is 49.3 Å². The fourth-order valence-corrected chi connectivity index (χ4v) is 3.75. The molecule has 0 radical (unpaired) electrons. The number of aliphatic hydroxyl groups is 3. The molecule has 0 amide bonds. The summed E-state index contributed by atoms with van der Waals surface area (Å²) >= 11 is 0. The molecule has 5 atom stereocenters. The number of fused-ring (bicyclic) bond motifs is 1. The molecule has 1 aliphatic rings. The monoisotopic (exact) mass is 518 g/mol. The van der Waals surface area contributed by atoms with Crippen molar-refractivity contribution in [3.63, 3.8) is 0 Å². The second-order valence-corrected chi connectivity index (χ2v) is 8.23. The summed E-state index contributed by atoms with van der Waals surface area (Å²) in [5.74, 6) is -3.19. The molecule has 0 bridgehead atoms. The minimum absolute atomic E-state index is 0.00369. The van der Waals surface area contributed by atoms with Crippen LogP contribution < -0.4 is 10.2 Å². The van der Waals surface area contributed by atoms with Gasteiger partial charge in [-0.2, -0.15) is 0 Å². The first-order valence-corrected chi connectivity index (χ1v) is 10.9. The number of ether oxygens (including phenoxy) is 3. The van der Waals surface area contributed by atoms with Gasteiger partial charge in [0, 0.05) is 12.1 Å². The Labute approximate surface area is 207 Å². The van der Waals surface area contributed by atoms with Crippen molar-refractivity contribution >= 4 is 22.9 Å². The van der Waals surface area contributed by atoms with Gasteiger partial charge in [-0.3, -0.25) is 14.4 Å². The van der Waals surface area contributed by atoms with Crippen molar-refractivity contribution in [2.75, 3.05) is 6.61 Å². The van der Waals surface area contributed by atoms with Crippen LogP contribution in [0.2, 0.25) is 0 Å². The van der Waals surface area contributed by atoms with E-state index >= 15 is 0 Å². The lowest BCUT2D eigenvalue weighted by atomic mass is 9.99. The molecule has 0 spiro atoms. The second kappa shape index (κ2) is 10.4. The number of carbonyl (C=O) groups is 2. The van der Waals surface area contributed by atoms with E-state index in [0.717, 1.165) is 12.3 Å². The van der Waals surface area contributed by atoms with E-state index in [2.05, 4.69) is 0 Å². The molecule has 1 aromatic heterocycles. The van der Waals surface area contributed by atoms with Gasteiger partial charge in [-0.25, -0.2) is 0 Å². The minimum Gasteiger partial charge on any atom is -0.508 e. The molecule has 4 rings (SSSR count). The van der Waals surface area contributed by atoms with Gasteiger partial charge >= 0.3 is 11.9 Å². The molecule has 0 aliphatic carbocycles. The van der Waals surface area contributed by atoms with Gasteiger partial charge in [-0.05, 0) is 17.7 Å². The van der Waals surface area contributed by atoms with Crippen LogP contribution >= 0.6 is 0 Å². The Morgan fingerprint density at radius 1 is 0.973 bits per heavy atom. The first-order chi connectivity index (χ1) is 17.5. The minimum atomic E-state index is -1.79. The van der Waals surface area contributed by atoms with E-state index in [1.54, 1.807) is 0 Å². The van der Waals surface area contributed by atoms with Crippen molar-refractivity contribution in [3.8, 4) is 28.4 Å². The van der Waals surface area contributed by atoms with E-state index in [0.29, 0.717) is 5.56 Å². The third-order valence-corrected chi connectivity index (χ3v) is 5.63. The number of esters is 1. The van der Waals surface area contributed by atoms with Crippen LogP contribution in [-0.2, 0) is 19.1 Å². The van der Waals surface area contributed by atoms with E-state index < -0.39 is 66.9 Å². The van der Waals surface area contributed by atoms with Gasteiger partial charge in [0.1, 0.15) is 71.9 Å². The fraction of sp³-hybridized carbons (Fsp3) is 0.292. The van der Waals surface area contributed by atoms with E-state index in [-0.39, 0.29) is 28.0 Å². The predicted octanol–water partition coefficient (Wildman–Crippen LogP) is 0.0755. The number of phenols is 2. The van der Waals surface area contributed by atoms with Crippen molar-refractivity contribution in [2.24, 2.45) is 0 Å². The van der Waals surface area contributed by atoms with E-state index in [4.69, 9.17) is 23.7 Å². The van der Waals surface area contributed by atoms with Crippen LogP contribution in [0.25, 0.3) is 22.1 Å². The Hall–Kier alpha value is -4.17. The number of aliphatic hydroxyl groups excluding tert-OH is 3. The normalized spacial score (nSPS) is 23.5. The summed E-state index contributed by atoms with van der Waals surface area (Å²) in [4.78, 5) is 35.0. The topological polar surface area (TPSA) is 213 Å². The highest BCUT2D eigenvalue weighted by atomic mass is 16.7. The van der Waals surface area contributed by atoms with Crippen LogP contribution in [-0.4, -0.2) is 79.9 Å². The lowest BCUT2D eigenvalue weighted by Gasteiger charge is -2.39. The number of hydrogen-bond donors (Lipinski definition) is 6. The highest BCUT2D eigenvalue weighted by molar-refractivity contribution is 5.90. The van der Waals surface area contributed by atoms with Crippen LogP contribution in [0.3, 0.4) is 0 Å². The summed E-state index contributed by atoms with van der Waals surface area (Å²) in [6.07, 6.45) is -8.04. The van der Waals surface area contributed by atoms with Crippen molar-refractivity contribution in [1.29, 1.82) is 0 Å². The highest BCUT2D eigenvalue weighted by Crippen LogP contribution is 2.33. The lowest BCUT2D eigenvalue weighted by molar-refractivity contribution is -0.278. The summed E-state index contributed by atoms with van der Waals surface area (Å²) < 4.78 is 21.2. The SMILES string of the molecule is O=C(O)CC(=O)OCC1O[C@@H](Oc2cc(O)c3c(=O)c(-c4ccc(O)cc4)coc3c2)C(O)C(O)[C@@H]1O. The maximum absolute atomic E-state index is 13.0. The number of benzene rings is 2. The number of aliphatic carboxylic acids is 1. The maximum Gasteiger partial charge on any atom is 0.317 e. The largest absolute Gasteiger partial charge is 0.508 e. The van der Waals surface area contributed by atoms with Gasteiger partial charge in [0.2, 0.25) is 11.7 Å². The Balaban J connectivity index is 1.56. The average molecular weight is 518 g/mol. The molecule has 3 aromatic rings. The van der Waals surface area contributed by atoms with E-state index in [1.807, 2.05) is 0 Å². The standard InChI is InChI=1S/C24H22O13/c25-11-3-1-10(2-4-11)13-8-34-15-6-12(5-14(26)19(15)20(13)30)36-24-23(33)22(32)21(31)16(37-24)9-35-18(29)7-17(27)28/h1-6,8,16,21-26,31-33H,7,9H2,(H,27,28)/t16?,21-,22?,23?,24-/m1/s1. The molecule has 13 nitrogen and oxygen atoms in total. The number of carboxylic acid groups (broad SMARTS) is 1. The molecule has 1 fully saturated rings. The molecular weight excluding hydrogens is 496 g/mol. The number of carbonyl (C=O) groups excluding carboxylic acids is 1. The summed E-state index contributed by atoms with van der Waals surface area (Å²) in [6, 6.07) is 8.05. The summed E-state index contributed by atoms with van der Waals surface area (Å²) in [7, 11) is 0. The summed E-state index contributed by atoms with van der Waals surface area (Å²) in [5.41, 5.74) is -0.0752. The number of phenolic OH excluding ortho intramolecular Hbond substituents is 2. The van der Waals surface area contributed by atoms with Crippen LogP contribution in [0, 0.1) is 0 Å². The smallest absolute Gasteiger partial charge is 0.317 e. The molecule has 0 saturated carbocycles. The van der Waals surface area contributed by atoms with Crippen molar-refractivity contribution in [1.82, 2.24) is 0 Å². The number of hydrogen-bond acceptors (Lipinski definition) is 12. The summed E-state index contributed by atoms with van der Waals surface area (Å²) in [5, 5.41) is 59.0. The zero-order valence-corrected chi connectivity index (χ0v) is 18.9. The van der Waals surface area contributed by atoms with Gasteiger partial charge in [0.05, 0.1) is 5.56 Å². The first-order valence-electron chi connectivity index (χ1n) is 10.9. The van der Waals surface area contributed by atoms with E-state index in [1.165, 1.54) is 30.3 Å². The van der Waals surface area contributed by atoms with Crippen LogP contribution in [0.15, 0.2) is 51.9 Å². The molecule has 3 unspecified atom stereocenters. The molecule has 1 aliphatic heterocycles. The predicted molar refractivity (Wildman–Crippen MR) is 122 cm³/mol. The molecule has 2 heterocycles. The Morgan fingerprint density at radius 3 is 2.35 bits per heavy atom. The van der Waals surface area contributed by atoms with Gasteiger partial charge in [0.25, 0.3) is 0 Å². The molecule has 2 aromatic carbocycles. The fourth-order valence-electron chi connectivity index (χ4n) is 3.75. The zero-order chi connectivity index (χ0) is 26.9. The van der Waals surface area contributed by atoms with Crippen molar-refractivity contribution < 1.29 is 58.9 Å². The van der Waals surface area contributed by atoms with Crippen LogP contribution in [0.5, 0.6) is 17.2 Å². The molecule has 13 heteroatoms. The van der Waals surface area contributed by atoms with E-state index in [9.17, 15) is 39.9 Å². The van der Waals surface area contributed by atoms with Gasteiger partial charge in [-0.1, -0.05) is 12.1 Å². The first kappa shape index (κ1) is 25.9. The quantitative estimate of drug-likeness (QED) is 0.181. The molecular formula is C24H22O13. The van der Waals surface area contributed by atoms with Crippen molar-refractivity contribution in [3.05, 3.63) is 52.9 Å². The lowest BCUT2D eigenvalue weighted by Crippen LogP contribution is -2.60. The van der Waals surface area contributed by atoms with Crippen LogP contribution in [0.1, 0.15) is 6.42 Å². The molecule has 1 saturated heterocycles. The van der Waals surface area contributed by atoms with Crippen molar-refractivity contribution in [2.45, 2.75) is 37.1 Å². The number of carboxylic acids is 1. The summed E-state index contributed by atoms with van der Waals surface area (Å²) in [6.45, 7) is -0.644. The average Bonchev–Trinajstić information content (AvgIpc) is 2.84. The third kappa shape index (κ3) is 5.49.